The van der Waals surface area contributed by atoms with E-state index in [-0.39, 0.29) is 17.7 Å². The third-order valence-corrected chi connectivity index (χ3v) is 6.33. The van der Waals surface area contributed by atoms with Crippen LogP contribution in [0.15, 0.2) is 42.5 Å². The lowest BCUT2D eigenvalue weighted by Gasteiger charge is -2.23. The van der Waals surface area contributed by atoms with Crippen LogP contribution in [0.4, 0.5) is 5.69 Å². The number of rotatable bonds is 5. The van der Waals surface area contributed by atoms with E-state index in [0.29, 0.717) is 30.3 Å². The number of ether oxygens (including phenoxy) is 1. The number of hydrogen-bond donors (Lipinski definition) is 1. The van der Waals surface area contributed by atoms with E-state index in [1.165, 1.54) is 0 Å². The second-order valence-electron chi connectivity index (χ2n) is 8.09. The van der Waals surface area contributed by atoms with Gasteiger partial charge in [0, 0.05) is 35.3 Å². The van der Waals surface area contributed by atoms with E-state index in [1.807, 2.05) is 49.4 Å². The Labute approximate surface area is 182 Å². The standard InChI is InChI=1S/C24H27ClN2O3/c1-2-21-24(29)27(14-17-9-5-6-10-20(17)25)15-18-13-19(11-12-22(18)30-21)26-23(28)16-7-3-4-8-16/h5-6,9-13,16,21H,2-4,7-8,14-15H2,1H3,(H,26,28). The molecule has 2 aliphatic rings. The van der Waals surface area contributed by atoms with Crippen LogP contribution in [0.3, 0.4) is 0 Å². The van der Waals surface area contributed by atoms with Crippen LogP contribution >= 0.6 is 11.6 Å². The molecule has 1 aliphatic heterocycles. The summed E-state index contributed by atoms with van der Waals surface area (Å²) in [4.78, 5) is 27.4. The van der Waals surface area contributed by atoms with Gasteiger partial charge in [-0.1, -0.05) is 49.6 Å². The maximum absolute atomic E-state index is 13.1. The normalized spacial score (nSPS) is 19.2. The van der Waals surface area contributed by atoms with E-state index in [4.69, 9.17) is 16.3 Å². The van der Waals surface area contributed by atoms with Gasteiger partial charge in [0.2, 0.25) is 5.91 Å². The summed E-state index contributed by atoms with van der Waals surface area (Å²) < 4.78 is 6.04. The molecule has 4 rings (SSSR count). The van der Waals surface area contributed by atoms with Gasteiger partial charge in [-0.05, 0) is 49.1 Å². The van der Waals surface area contributed by atoms with Crippen molar-refractivity contribution in [3.63, 3.8) is 0 Å². The average molecular weight is 427 g/mol. The summed E-state index contributed by atoms with van der Waals surface area (Å²) in [6.45, 7) is 2.76. The van der Waals surface area contributed by atoms with Crippen molar-refractivity contribution in [1.29, 1.82) is 0 Å². The van der Waals surface area contributed by atoms with E-state index in [2.05, 4.69) is 5.32 Å². The molecule has 2 aromatic carbocycles. The zero-order valence-corrected chi connectivity index (χ0v) is 18.0. The summed E-state index contributed by atoms with van der Waals surface area (Å²) in [6.07, 6.45) is 4.20. The molecule has 6 heteroatoms. The Bertz CT molecular complexity index is 940. The number of anilines is 1. The number of halogens is 1. The summed E-state index contributed by atoms with van der Waals surface area (Å²) in [5.74, 6) is 0.821. The van der Waals surface area contributed by atoms with Gasteiger partial charge in [0.15, 0.2) is 6.10 Å². The van der Waals surface area contributed by atoms with Gasteiger partial charge in [0.1, 0.15) is 5.75 Å². The van der Waals surface area contributed by atoms with Gasteiger partial charge in [0.25, 0.3) is 5.91 Å². The zero-order valence-electron chi connectivity index (χ0n) is 17.2. The second kappa shape index (κ2) is 9.09. The predicted octanol–water partition coefficient (Wildman–Crippen LogP) is 5.17. The van der Waals surface area contributed by atoms with Gasteiger partial charge in [-0.25, -0.2) is 0 Å². The zero-order chi connectivity index (χ0) is 21.1. The Balaban J connectivity index is 1.58. The minimum absolute atomic E-state index is 0.0508. The molecule has 1 saturated carbocycles. The highest BCUT2D eigenvalue weighted by Gasteiger charge is 2.30. The Morgan fingerprint density at radius 2 is 1.97 bits per heavy atom. The maximum Gasteiger partial charge on any atom is 0.264 e. The smallest absolute Gasteiger partial charge is 0.264 e. The molecule has 0 saturated heterocycles. The maximum atomic E-state index is 13.1. The molecule has 2 aromatic rings. The highest BCUT2D eigenvalue weighted by Crippen LogP contribution is 2.32. The number of nitrogens with zero attached hydrogens (tertiary/aromatic N) is 1. The first-order chi connectivity index (χ1) is 14.5. The molecule has 5 nitrogen and oxygen atoms in total. The third kappa shape index (κ3) is 4.46. The molecular formula is C24H27ClN2O3. The molecule has 0 bridgehead atoms. The van der Waals surface area contributed by atoms with Crippen molar-refractivity contribution >= 4 is 29.1 Å². The number of hydrogen-bond acceptors (Lipinski definition) is 3. The van der Waals surface area contributed by atoms with Gasteiger partial charge in [-0.2, -0.15) is 0 Å². The Morgan fingerprint density at radius 1 is 1.20 bits per heavy atom. The van der Waals surface area contributed by atoms with E-state index in [0.717, 1.165) is 42.5 Å². The predicted molar refractivity (Wildman–Crippen MR) is 117 cm³/mol. The largest absolute Gasteiger partial charge is 0.480 e. The molecule has 158 valence electrons. The lowest BCUT2D eigenvalue weighted by atomic mass is 10.1. The average Bonchev–Trinajstić information content (AvgIpc) is 3.25. The van der Waals surface area contributed by atoms with E-state index < -0.39 is 6.10 Å². The molecule has 2 amide bonds. The summed E-state index contributed by atoms with van der Waals surface area (Å²) >= 11 is 6.33. The molecule has 1 N–H and O–H groups in total. The van der Waals surface area contributed by atoms with Gasteiger partial charge in [-0.15, -0.1) is 0 Å². The SMILES string of the molecule is CCC1Oc2ccc(NC(=O)C3CCCC3)cc2CN(Cc2ccccc2Cl)C1=O. The first-order valence-corrected chi connectivity index (χ1v) is 11.1. The Morgan fingerprint density at radius 3 is 2.70 bits per heavy atom. The van der Waals surface area contributed by atoms with E-state index in [1.54, 1.807) is 4.90 Å². The number of fused-ring (bicyclic) bond motifs is 1. The number of amides is 2. The summed E-state index contributed by atoms with van der Waals surface area (Å²) in [5, 5.41) is 3.69. The fourth-order valence-electron chi connectivity index (χ4n) is 4.24. The van der Waals surface area contributed by atoms with Gasteiger partial charge in [-0.3, -0.25) is 9.59 Å². The van der Waals surface area contributed by atoms with Crippen LogP contribution < -0.4 is 10.1 Å². The van der Waals surface area contributed by atoms with Crippen molar-refractivity contribution in [3.8, 4) is 5.75 Å². The van der Waals surface area contributed by atoms with Crippen molar-refractivity contribution in [2.75, 3.05) is 5.32 Å². The summed E-state index contributed by atoms with van der Waals surface area (Å²) in [7, 11) is 0. The highest BCUT2D eigenvalue weighted by molar-refractivity contribution is 6.31. The van der Waals surface area contributed by atoms with Crippen molar-refractivity contribution < 1.29 is 14.3 Å². The molecule has 0 radical (unpaired) electrons. The van der Waals surface area contributed by atoms with E-state index >= 15 is 0 Å². The van der Waals surface area contributed by atoms with Crippen molar-refractivity contribution in [2.45, 2.75) is 58.2 Å². The third-order valence-electron chi connectivity index (χ3n) is 5.96. The first kappa shape index (κ1) is 20.7. The lowest BCUT2D eigenvalue weighted by molar-refractivity contribution is -0.139. The molecular weight excluding hydrogens is 400 g/mol. The monoisotopic (exact) mass is 426 g/mol. The molecule has 0 aromatic heterocycles. The Kier molecular flexibility index (Phi) is 6.28. The fraction of sp³-hybridized carbons (Fsp3) is 0.417. The number of nitrogens with one attached hydrogen (secondary N) is 1. The number of benzene rings is 2. The minimum Gasteiger partial charge on any atom is -0.480 e. The van der Waals surface area contributed by atoms with Crippen LogP contribution in [0.5, 0.6) is 5.75 Å². The molecule has 1 heterocycles. The quantitative estimate of drug-likeness (QED) is 0.717. The van der Waals surface area contributed by atoms with Crippen molar-refractivity contribution in [1.82, 2.24) is 4.90 Å². The summed E-state index contributed by atoms with van der Waals surface area (Å²) in [6, 6.07) is 13.2. The van der Waals surface area contributed by atoms with Crippen LogP contribution in [0, 0.1) is 5.92 Å². The molecule has 1 unspecified atom stereocenters. The van der Waals surface area contributed by atoms with Crippen molar-refractivity contribution in [2.24, 2.45) is 5.92 Å². The number of carbonyl (C=O) groups excluding carboxylic acids is 2. The van der Waals surface area contributed by atoms with Crippen LogP contribution in [-0.4, -0.2) is 22.8 Å². The highest BCUT2D eigenvalue weighted by atomic mass is 35.5. The van der Waals surface area contributed by atoms with Gasteiger partial charge in [0.05, 0.1) is 0 Å². The fourth-order valence-corrected chi connectivity index (χ4v) is 4.44. The van der Waals surface area contributed by atoms with Crippen LogP contribution in [0.25, 0.3) is 0 Å². The van der Waals surface area contributed by atoms with Crippen LogP contribution in [-0.2, 0) is 22.7 Å². The molecule has 1 atom stereocenters. The molecule has 30 heavy (non-hydrogen) atoms. The Hall–Kier alpha value is -2.53. The van der Waals surface area contributed by atoms with Crippen LogP contribution in [0.2, 0.25) is 5.02 Å². The summed E-state index contributed by atoms with van der Waals surface area (Å²) in [5.41, 5.74) is 2.53. The topological polar surface area (TPSA) is 58.6 Å². The van der Waals surface area contributed by atoms with Gasteiger partial charge < -0.3 is 15.0 Å². The van der Waals surface area contributed by atoms with Gasteiger partial charge >= 0.3 is 0 Å². The molecule has 1 aliphatic carbocycles. The number of carbonyl (C=O) groups is 2. The van der Waals surface area contributed by atoms with Crippen molar-refractivity contribution in [3.05, 3.63) is 58.6 Å². The molecule has 1 fully saturated rings. The van der Waals surface area contributed by atoms with Crippen LogP contribution in [0.1, 0.15) is 50.2 Å². The molecule has 0 spiro atoms. The minimum atomic E-state index is -0.535. The first-order valence-electron chi connectivity index (χ1n) is 10.7. The lowest BCUT2D eigenvalue weighted by Crippen LogP contribution is -2.38. The van der Waals surface area contributed by atoms with E-state index in [9.17, 15) is 9.59 Å². The second-order valence-corrected chi connectivity index (χ2v) is 8.50.